The van der Waals surface area contributed by atoms with Gasteiger partial charge in [-0.05, 0) is 33.6 Å². The molecule has 1 fully saturated rings. The Kier molecular flexibility index (Phi) is 4.29. The van der Waals surface area contributed by atoms with Crippen LogP contribution in [0.5, 0.6) is 0 Å². The first kappa shape index (κ1) is 15.2. The fraction of sp³-hybridized carbons (Fsp3) is 0.562. The lowest BCUT2D eigenvalue weighted by molar-refractivity contribution is -0.135. The summed E-state index contributed by atoms with van der Waals surface area (Å²) in [5.41, 5.74) is 1.12. The minimum absolute atomic E-state index is 0.174. The van der Waals surface area contributed by atoms with Gasteiger partial charge in [0.1, 0.15) is 6.04 Å². The van der Waals surface area contributed by atoms with Crippen molar-refractivity contribution in [3.63, 3.8) is 0 Å². The molecule has 0 N–H and O–H groups in total. The highest BCUT2D eigenvalue weighted by atomic mass is 32.1. The van der Waals surface area contributed by atoms with Crippen molar-refractivity contribution >= 4 is 17.2 Å². The van der Waals surface area contributed by atoms with Gasteiger partial charge >= 0.3 is 0 Å². The number of likely N-dealkylation sites (tertiary alicyclic amines) is 1. The summed E-state index contributed by atoms with van der Waals surface area (Å²) in [5.74, 6) is 0.554. The third-order valence-corrected chi connectivity index (χ3v) is 5.69. The van der Waals surface area contributed by atoms with Gasteiger partial charge in [-0.25, -0.2) is 9.97 Å². The van der Waals surface area contributed by atoms with E-state index in [9.17, 15) is 4.79 Å². The van der Waals surface area contributed by atoms with E-state index in [0.29, 0.717) is 5.92 Å². The van der Waals surface area contributed by atoms with Crippen LogP contribution in [0.3, 0.4) is 0 Å². The third kappa shape index (κ3) is 2.92. The van der Waals surface area contributed by atoms with Gasteiger partial charge in [0.05, 0.1) is 17.0 Å². The van der Waals surface area contributed by atoms with E-state index >= 15 is 0 Å². The van der Waals surface area contributed by atoms with Gasteiger partial charge in [0, 0.05) is 36.3 Å². The number of carbonyl (C=O) groups is 1. The Labute approximate surface area is 135 Å². The molecule has 0 radical (unpaired) electrons. The molecule has 0 saturated carbocycles. The second-order valence-corrected chi connectivity index (χ2v) is 7.24. The van der Waals surface area contributed by atoms with Crippen molar-refractivity contribution in [2.45, 2.75) is 45.6 Å². The maximum absolute atomic E-state index is 12.7. The normalized spacial score (nSPS) is 20.1. The number of imidazole rings is 1. The quantitative estimate of drug-likeness (QED) is 0.874. The molecule has 0 bridgehead atoms. The molecule has 1 saturated heterocycles. The van der Waals surface area contributed by atoms with Gasteiger partial charge in [-0.1, -0.05) is 0 Å². The molecule has 1 amide bonds. The van der Waals surface area contributed by atoms with Crippen molar-refractivity contribution in [2.24, 2.45) is 0 Å². The second-order valence-electron chi connectivity index (χ2n) is 6.00. The molecular formula is C16H22N4OS. The number of thiazole rings is 1. The molecule has 118 valence electrons. The van der Waals surface area contributed by atoms with Crippen LogP contribution in [0.1, 0.15) is 47.3 Å². The smallest absolute Gasteiger partial charge is 0.245 e. The van der Waals surface area contributed by atoms with Gasteiger partial charge in [-0.3, -0.25) is 4.79 Å². The predicted molar refractivity (Wildman–Crippen MR) is 87.1 cm³/mol. The van der Waals surface area contributed by atoms with E-state index in [2.05, 4.69) is 23.8 Å². The van der Waals surface area contributed by atoms with Crippen molar-refractivity contribution in [3.05, 3.63) is 34.3 Å². The van der Waals surface area contributed by atoms with Crippen LogP contribution in [-0.4, -0.2) is 38.4 Å². The zero-order valence-electron chi connectivity index (χ0n) is 13.3. The Morgan fingerprint density at radius 3 is 2.91 bits per heavy atom. The van der Waals surface area contributed by atoms with E-state index in [1.54, 1.807) is 23.9 Å². The molecule has 5 nitrogen and oxygen atoms in total. The van der Waals surface area contributed by atoms with Crippen molar-refractivity contribution in [1.82, 2.24) is 19.4 Å². The molecule has 1 aliphatic rings. The maximum Gasteiger partial charge on any atom is 0.245 e. The lowest BCUT2D eigenvalue weighted by atomic mass is 9.98. The summed E-state index contributed by atoms with van der Waals surface area (Å²) >= 11 is 1.78. The monoisotopic (exact) mass is 318 g/mol. The first-order valence-corrected chi connectivity index (χ1v) is 8.58. The lowest BCUT2D eigenvalue weighted by Crippen LogP contribution is -2.42. The van der Waals surface area contributed by atoms with Crippen LogP contribution in [0.15, 0.2) is 18.7 Å². The highest BCUT2D eigenvalue weighted by molar-refractivity contribution is 7.11. The Hall–Kier alpha value is -1.69. The summed E-state index contributed by atoms with van der Waals surface area (Å²) in [6, 6.07) is -0.194. The van der Waals surface area contributed by atoms with E-state index in [4.69, 9.17) is 0 Å². The zero-order valence-corrected chi connectivity index (χ0v) is 14.1. The molecule has 0 spiro atoms. The van der Waals surface area contributed by atoms with E-state index < -0.39 is 0 Å². The summed E-state index contributed by atoms with van der Waals surface area (Å²) in [4.78, 5) is 24.7. The average Bonchev–Trinajstić information content (AvgIpc) is 3.17. The number of nitrogens with zero attached hydrogens (tertiary/aromatic N) is 4. The molecule has 0 aliphatic carbocycles. The van der Waals surface area contributed by atoms with Crippen LogP contribution in [-0.2, 0) is 4.79 Å². The summed E-state index contributed by atoms with van der Waals surface area (Å²) in [5, 5.41) is 1.18. The second kappa shape index (κ2) is 6.20. The van der Waals surface area contributed by atoms with E-state index in [1.165, 1.54) is 9.88 Å². The lowest BCUT2D eigenvalue weighted by Gasteiger charge is -2.33. The van der Waals surface area contributed by atoms with E-state index in [-0.39, 0.29) is 11.9 Å². The number of piperidine rings is 1. The molecule has 0 unspecified atom stereocenters. The number of amides is 1. The fourth-order valence-electron chi connectivity index (χ4n) is 2.94. The van der Waals surface area contributed by atoms with Gasteiger partial charge in [-0.2, -0.15) is 0 Å². The molecule has 1 aliphatic heterocycles. The minimum Gasteiger partial charge on any atom is -0.340 e. The third-order valence-electron chi connectivity index (χ3n) is 4.46. The number of hydrogen-bond donors (Lipinski definition) is 0. The van der Waals surface area contributed by atoms with Crippen LogP contribution in [0.25, 0.3) is 0 Å². The van der Waals surface area contributed by atoms with Crippen molar-refractivity contribution in [3.8, 4) is 0 Å². The van der Waals surface area contributed by atoms with Gasteiger partial charge in [0.15, 0.2) is 0 Å². The topological polar surface area (TPSA) is 51.0 Å². The van der Waals surface area contributed by atoms with E-state index in [1.807, 2.05) is 22.6 Å². The van der Waals surface area contributed by atoms with Gasteiger partial charge < -0.3 is 9.47 Å². The van der Waals surface area contributed by atoms with E-state index in [0.717, 1.165) is 31.6 Å². The SMILES string of the molecule is Cc1nc([C@H]2CCCN(C(=O)[C@H](C)n3ccnc3)C2)sc1C. The van der Waals surface area contributed by atoms with Crippen LogP contribution >= 0.6 is 11.3 Å². The zero-order chi connectivity index (χ0) is 15.7. The Morgan fingerprint density at radius 2 is 2.27 bits per heavy atom. The molecule has 6 heteroatoms. The summed E-state index contributed by atoms with van der Waals surface area (Å²) in [6.07, 6.45) is 7.43. The van der Waals surface area contributed by atoms with Gasteiger partial charge in [-0.15, -0.1) is 11.3 Å². The van der Waals surface area contributed by atoms with Crippen LogP contribution in [0.2, 0.25) is 0 Å². The Balaban J connectivity index is 1.71. The molecule has 2 aromatic heterocycles. The predicted octanol–water partition coefficient (Wildman–Crippen LogP) is 2.92. The van der Waals surface area contributed by atoms with Crippen LogP contribution in [0.4, 0.5) is 0 Å². The first-order valence-electron chi connectivity index (χ1n) is 7.76. The van der Waals surface area contributed by atoms with Crippen molar-refractivity contribution in [1.29, 1.82) is 0 Å². The van der Waals surface area contributed by atoms with Crippen LogP contribution in [0, 0.1) is 13.8 Å². The summed E-state index contributed by atoms with van der Waals surface area (Å²) < 4.78 is 1.86. The largest absolute Gasteiger partial charge is 0.340 e. The Morgan fingerprint density at radius 1 is 1.45 bits per heavy atom. The number of aromatic nitrogens is 3. The highest BCUT2D eigenvalue weighted by Gasteiger charge is 2.29. The number of rotatable bonds is 3. The van der Waals surface area contributed by atoms with Crippen molar-refractivity contribution < 1.29 is 4.79 Å². The maximum atomic E-state index is 12.7. The molecular weight excluding hydrogens is 296 g/mol. The molecule has 0 aromatic carbocycles. The fourth-order valence-corrected chi connectivity index (χ4v) is 3.99. The van der Waals surface area contributed by atoms with Crippen molar-refractivity contribution in [2.75, 3.05) is 13.1 Å². The minimum atomic E-state index is -0.194. The molecule has 3 heterocycles. The summed E-state index contributed by atoms with van der Waals surface area (Å²) in [6.45, 7) is 7.73. The van der Waals surface area contributed by atoms with Crippen LogP contribution < -0.4 is 0 Å². The van der Waals surface area contributed by atoms with Gasteiger partial charge in [0.2, 0.25) is 5.91 Å². The summed E-state index contributed by atoms with van der Waals surface area (Å²) in [7, 11) is 0. The standard InChI is InChI=1S/C16H22N4OS/c1-11-13(3)22-15(18-11)14-5-4-7-19(9-14)16(21)12(2)20-8-6-17-10-20/h6,8,10,12,14H,4-5,7,9H2,1-3H3/t12-,14-/m0/s1. The average molecular weight is 318 g/mol. The van der Waals surface area contributed by atoms with Gasteiger partial charge in [0.25, 0.3) is 0 Å². The molecule has 2 atom stereocenters. The number of carbonyl (C=O) groups excluding carboxylic acids is 1. The first-order chi connectivity index (χ1) is 10.6. The number of hydrogen-bond acceptors (Lipinski definition) is 4. The Bertz CT molecular complexity index is 630. The molecule has 3 rings (SSSR count). The number of aryl methyl sites for hydroxylation is 2. The molecule has 22 heavy (non-hydrogen) atoms. The highest BCUT2D eigenvalue weighted by Crippen LogP contribution is 2.32. The molecule has 2 aromatic rings.